The van der Waals surface area contributed by atoms with Crippen LogP contribution in [0.3, 0.4) is 0 Å². The highest BCUT2D eigenvalue weighted by Gasteiger charge is 2.54. The lowest BCUT2D eigenvalue weighted by atomic mass is 9.98. The molecule has 13 nitrogen and oxygen atoms in total. The van der Waals surface area contributed by atoms with E-state index in [1.165, 1.54) is 35.1 Å². The number of ether oxygens (including phenoxy) is 2. The summed E-state index contributed by atoms with van der Waals surface area (Å²) < 4.78 is 10.3. The molecule has 218 valence electrons. The van der Waals surface area contributed by atoms with Gasteiger partial charge in [0.25, 0.3) is 11.8 Å². The van der Waals surface area contributed by atoms with Gasteiger partial charge >= 0.3 is 11.9 Å². The number of hydrogen-bond acceptors (Lipinski definition) is 14. The van der Waals surface area contributed by atoms with Gasteiger partial charge < -0.3 is 25.4 Å². The summed E-state index contributed by atoms with van der Waals surface area (Å²) in [6.45, 7) is 6.27. The third-order valence-corrected chi connectivity index (χ3v) is 8.72. The van der Waals surface area contributed by atoms with Crippen molar-refractivity contribution >= 4 is 75.1 Å². The summed E-state index contributed by atoms with van der Waals surface area (Å²) in [6.07, 6.45) is 3.55. The fourth-order valence-corrected chi connectivity index (χ4v) is 6.29. The van der Waals surface area contributed by atoms with Crippen LogP contribution in [0.15, 0.2) is 33.4 Å². The fraction of sp³-hybridized carbons (Fsp3) is 0.400. The Labute approximate surface area is 247 Å². The summed E-state index contributed by atoms with van der Waals surface area (Å²) in [6, 6.07) is -0.957. The van der Waals surface area contributed by atoms with Crippen molar-refractivity contribution in [2.24, 2.45) is 10.6 Å². The van der Waals surface area contributed by atoms with Gasteiger partial charge in [0, 0.05) is 16.0 Å². The van der Waals surface area contributed by atoms with E-state index in [1.807, 2.05) is 13.0 Å². The molecular formula is C25H28N6O7S3. The number of hydrogen-bond donors (Lipinski definition) is 2. The first-order valence-electron chi connectivity index (χ1n) is 12.2. The van der Waals surface area contributed by atoms with Gasteiger partial charge in [0.2, 0.25) is 6.79 Å². The molecule has 16 heteroatoms. The number of nitrogens with two attached hydrogens (primary N) is 1. The Morgan fingerprint density at radius 1 is 1.24 bits per heavy atom. The van der Waals surface area contributed by atoms with Crippen LogP contribution in [0.2, 0.25) is 0 Å². The minimum Gasteiger partial charge on any atom is -0.427 e. The molecule has 0 unspecified atom stereocenters. The number of allylic oxidation sites excluding steroid dienone is 1. The summed E-state index contributed by atoms with van der Waals surface area (Å²) in [5.74, 6) is -2.26. The van der Waals surface area contributed by atoms with Crippen molar-refractivity contribution in [3.8, 4) is 0 Å². The molecule has 0 spiro atoms. The summed E-state index contributed by atoms with van der Waals surface area (Å²) in [5, 5.41) is 7.59. The molecule has 2 aromatic heterocycles. The molecule has 2 aliphatic rings. The van der Waals surface area contributed by atoms with Crippen LogP contribution in [-0.4, -0.2) is 75.4 Å². The molecule has 4 heterocycles. The largest absolute Gasteiger partial charge is 0.427 e. The summed E-state index contributed by atoms with van der Waals surface area (Å²) in [4.78, 5) is 67.0. The number of rotatable bonds is 9. The Morgan fingerprint density at radius 2 is 2.00 bits per heavy atom. The third-order valence-electron chi connectivity index (χ3n) is 5.85. The number of carbonyl (C=O) groups is 4. The van der Waals surface area contributed by atoms with Crippen LogP contribution in [0.1, 0.15) is 37.0 Å². The van der Waals surface area contributed by atoms with Crippen molar-refractivity contribution < 1.29 is 33.5 Å². The zero-order valence-corrected chi connectivity index (χ0v) is 25.3. The molecular weight excluding hydrogens is 593 g/mol. The number of amides is 2. The maximum absolute atomic E-state index is 13.3. The number of carbonyl (C=O) groups excluding carboxylic acids is 4. The van der Waals surface area contributed by atoms with E-state index in [2.05, 4.69) is 20.4 Å². The number of esters is 2. The van der Waals surface area contributed by atoms with Crippen LogP contribution in [0.4, 0.5) is 5.13 Å². The van der Waals surface area contributed by atoms with Crippen molar-refractivity contribution in [3.63, 3.8) is 0 Å². The number of aromatic nitrogens is 2. The minimum atomic E-state index is -0.957. The van der Waals surface area contributed by atoms with Crippen LogP contribution < -0.4 is 11.1 Å². The molecule has 0 radical (unpaired) electrons. The highest BCUT2D eigenvalue weighted by molar-refractivity contribution is 8.00. The van der Waals surface area contributed by atoms with Gasteiger partial charge in [-0.3, -0.25) is 19.3 Å². The second kappa shape index (κ2) is 12.4. The second-order valence-corrected chi connectivity index (χ2v) is 12.7. The van der Waals surface area contributed by atoms with Crippen molar-refractivity contribution in [1.82, 2.24) is 20.2 Å². The number of nitrogen functional groups attached to an aromatic ring is 1. The first kappa shape index (κ1) is 30.2. The van der Waals surface area contributed by atoms with Crippen molar-refractivity contribution in [3.05, 3.63) is 44.5 Å². The van der Waals surface area contributed by atoms with E-state index < -0.39 is 47.4 Å². The molecule has 0 aromatic carbocycles. The molecule has 2 amide bonds. The fourth-order valence-electron chi connectivity index (χ4n) is 3.73. The number of fused-ring (bicyclic) bond motifs is 1. The maximum Gasteiger partial charge on any atom is 0.358 e. The van der Waals surface area contributed by atoms with Gasteiger partial charge in [-0.25, -0.2) is 14.8 Å². The predicted molar refractivity (Wildman–Crippen MR) is 155 cm³/mol. The topological polar surface area (TPSA) is 175 Å². The molecule has 0 saturated carbocycles. The zero-order chi connectivity index (χ0) is 29.9. The summed E-state index contributed by atoms with van der Waals surface area (Å²) in [5.41, 5.74) is 8.03. The number of nitrogens with one attached hydrogen (secondary N) is 1. The van der Waals surface area contributed by atoms with E-state index in [0.29, 0.717) is 11.3 Å². The predicted octanol–water partition coefficient (Wildman–Crippen LogP) is 2.30. The van der Waals surface area contributed by atoms with E-state index in [4.69, 9.17) is 20.0 Å². The molecule has 3 N–H and O–H groups in total. The second-order valence-electron chi connectivity index (χ2n) is 9.80. The standard InChI is InChI=1S/C25H28N6O7S3/c1-12-15(41-10-27-12)7-6-13-8-39-21-17(29-19(32)16(30-36-5)14-9-40-24(26)28-14)20(33)31(21)18(13)22(34)37-11-38-23(35)25(2,3)4/h6-7,9-10,17,21H,8,11H2,1-5H3,(H2,26,28)(H,29,32)/b7-6-,30-16-/t17-,21-/m0/s1. The van der Waals surface area contributed by atoms with Crippen molar-refractivity contribution in [2.75, 3.05) is 25.4 Å². The van der Waals surface area contributed by atoms with Crippen LogP contribution in [-0.2, 0) is 33.5 Å². The van der Waals surface area contributed by atoms with Crippen LogP contribution in [0, 0.1) is 12.3 Å². The van der Waals surface area contributed by atoms with Gasteiger partial charge in [-0.05, 0) is 39.3 Å². The average molecular weight is 621 g/mol. The van der Waals surface area contributed by atoms with E-state index in [0.717, 1.165) is 21.9 Å². The van der Waals surface area contributed by atoms with Gasteiger partial charge in [-0.2, -0.15) is 0 Å². The summed E-state index contributed by atoms with van der Waals surface area (Å²) >= 11 is 3.92. The number of thiazole rings is 2. The molecule has 2 aromatic rings. The summed E-state index contributed by atoms with van der Waals surface area (Å²) in [7, 11) is 1.28. The number of thioether (sulfide) groups is 1. The first-order valence-corrected chi connectivity index (χ1v) is 15.0. The molecule has 2 aliphatic heterocycles. The van der Waals surface area contributed by atoms with Crippen molar-refractivity contribution in [1.29, 1.82) is 0 Å². The Kier molecular flexibility index (Phi) is 9.14. The van der Waals surface area contributed by atoms with Gasteiger partial charge in [0.05, 0.1) is 16.6 Å². The highest BCUT2D eigenvalue weighted by Crippen LogP contribution is 2.41. The van der Waals surface area contributed by atoms with Gasteiger partial charge in [-0.1, -0.05) is 11.2 Å². The molecule has 0 bridgehead atoms. The number of β-lactam (4-membered cyclic amide) rings is 1. The number of anilines is 1. The Bertz CT molecular complexity index is 1460. The van der Waals surface area contributed by atoms with E-state index in [-0.39, 0.29) is 22.2 Å². The smallest absolute Gasteiger partial charge is 0.358 e. The molecule has 0 aliphatic carbocycles. The van der Waals surface area contributed by atoms with Gasteiger partial charge in [0.1, 0.15) is 29.9 Å². The quantitative estimate of drug-likeness (QED) is 0.138. The number of oxime groups is 1. The Balaban J connectivity index is 1.55. The first-order chi connectivity index (χ1) is 19.4. The maximum atomic E-state index is 13.3. The SMILES string of the molecule is CO/N=C(\C(=O)N[C@H]1C(=O)N2C(C(=O)OCOC(=O)C(C)(C)C)=C(/C=C\c3scnc3C)CS[C@@H]12)c1csc(N)n1. The minimum absolute atomic E-state index is 0.00697. The zero-order valence-electron chi connectivity index (χ0n) is 22.8. The molecule has 41 heavy (non-hydrogen) atoms. The van der Waals surface area contributed by atoms with Crippen molar-refractivity contribution in [2.45, 2.75) is 39.1 Å². The molecule has 2 atom stereocenters. The lowest BCUT2D eigenvalue weighted by molar-refractivity contribution is -0.173. The number of aryl methyl sites for hydroxylation is 1. The van der Waals surface area contributed by atoms with Crippen LogP contribution in [0.25, 0.3) is 6.08 Å². The lowest BCUT2D eigenvalue weighted by Crippen LogP contribution is -2.71. The highest BCUT2D eigenvalue weighted by atomic mass is 32.2. The van der Waals surface area contributed by atoms with E-state index >= 15 is 0 Å². The Hall–Kier alpha value is -3.76. The Morgan fingerprint density at radius 3 is 2.61 bits per heavy atom. The van der Waals surface area contributed by atoms with Gasteiger partial charge in [-0.15, -0.1) is 34.4 Å². The van der Waals surface area contributed by atoms with Gasteiger partial charge in [0.15, 0.2) is 10.8 Å². The average Bonchev–Trinajstić information content (AvgIpc) is 3.54. The van der Waals surface area contributed by atoms with E-state index in [1.54, 1.807) is 37.7 Å². The normalized spacial score (nSPS) is 19.1. The van der Waals surface area contributed by atoms with E-state index in [9.17, 15) is 19.2 Å². The lowest BCUT2D eigenvalue weighted by Gasteiger charge is -2.49. The van der Waals surface area contributed by atoms with Crippen LogP contribution >= 0.6 is 34.4 Å². The molecule has 1 fully saturated rings. The monoisotopic (exact) mass is 620 g/mol. The number of nitrogens with zero attached hydrogens (tertiary/aromatic N) is 4. The molecule has 1 saturated heterocycles. The third kappa shape index (κ3) is 6.60. The molecule has 4 rings (SSSR count). The van der Waals surface area contributed by atoms with Crippen LogP contribution in [0.5, 0.6) is 0 Å².